The highest BCUT2D eigenvalue weighted by atomic mass is 16.4. The molecular weight excluding hydrogens is 206 g/mol. The van der Waals surface area contributed by atoms with Crippen LogP contribution in [0, 0.1) is 0 Å². The summed E-state index contributed by atoms with van der Waals surface area (Å²) in [5, 5.41) is 17.0. The predicted molar refractivity (Wildman–Crippen MR) is 58.4 cm³/mol. The molecule has 0 aromatic carbocycles. The number of aryl methyl sites for hydroxylation is 1. The van der Waals surface area contributed by atoms with Gasteiger partial charge in [0.05, 0.1) is 5.92 Å². The second kappa shape index (κ2) is 3.92. The van der Waals surface area contributed by atoms with Gasteiger partial charge in [-0.05, 0) is 24.6 Å². The molecule has 1 unspecified atom stereocenters. The van der Waals surface area contributed by atoms with Crippen LogP contribution in [-0.4, -0.2) is 25.7 Å². The molecule has 0 saturated heterocycles. The van der Waals surface area contributed by atoms with Gasteiger partial charge in [0, 0.05) is 12.6 Å². The van der Waals surface area contributed by atoms with Gasteiger partial charge < -0.3 is 5.11 Å². The van der Waals surface area contributed by atoms with E-state index >= 15 is 0 Å². The van der Waals surface area contributed by atoms with Crippen LogP contribution in [0.1, 0.15) is 31.2 Å². The molecule has 0 saturated carbocycles. The summed E-state index contributed by atoms with van der Waals surface area (Å²) in [5.74, 6) is -0.476. The van der Waals surface area contributed by atoms with E-state index in [9.17, 15) is 4.79 Å². The van der Waals surface area contributed by atoms with Crippen LogP contribution in [0.5, 0.6) is 0 Å². The Morgan fingerprint density at radius 3 is 2.94 bits per heavy atom. The van der Waals surface area contributed by atoms with Crippen molar-refractivity contribution in [2.24, 2.45) is 0 Å². The molecule has 0 bridgehead atoms. The van der Waals surface area contributed by atoms with E-state index in [0.29, 0.717) is 5.65 Å². The number of aromatic nitrogens is 3. The summed E-state index contributed by atoms with van der Waals surface area (Å²) >= 11 is 0. The molecule has 1 atom stereocenters. The SMILES string of the molecule is CCc1nnc2cc(C(C)C(=O)O)ccn12. The van der Waals surface area contributed by atoms with Gasteiger partial charge in [0.2, 0.25) is 0 Å². The normalized spacial score (nSPS) is 12.9. The third-order valence-electron chi connectivity index (χ3n) is 2.69. The van der Waals surface area contributed by atoms with Gasteiger partial charge in [-0.3, -0.25) is 9.20 Å². The van der Waals surface area contributed by atoms with E-state index in [-0.39, 0.29) is 0 Å². The molecule has 0 aliphatic heterocycles. The number of pyridine rings is 1. The third kappa shape index (κ3) is 1.64. The highest BCUT2D eigenvalue weighted by Crippen LogP contribution is 2.17. The number of fused-ring (bicyclic) bond motifs is 1. The van der Waals surface area contributed by atoms with E-state index in [4.69, 9.17) is 5.11 Å². The fourth-order valence-electron chi connectivity index (χ4n) is 1.61. The van der Waals surface area contributed by atoms with E-state index < -0.39 is 11.9 Å². The number of nitrogens with zero attached hydrogens (tertiary/aromatic N) is 3. The lowest BCUT2D eigenvalue weighted by molar-refractivity contribution is -0.138. The lowest BCUT2D eigenvalue weighted by Crippen LogP contribution is -2.07. The van der Waals surface area contributed by atoms with Gasteiger partial charge in [0.25, 0.3) is 0 Å². The average molecular weight is 219 g/mol. The zero-order valence-corrected chi connectivity index (χ0v) is 9.21. The number of rotatable bonds is 3. The molecule has 0 radical (unpaired) electrons. The van der Waals surface area contributed by atoms with Crippen molar-refractivity contribution in [3.8, 4) is 0 Å². The Balaban J connectivity index is 2.49. The summed E-state index contributed by atoms with van der Waals surface area (Å²) in [5.41, 5.74) is 1.44. The molecule has 1 N–H and O–H groups in total. The predicted octanol–water partition coefficient (Wildman–Crippen LogP) is 1.48. The highest BCUT2D eigenvalue weighted by molar-refractivity contribution is 5.75. The number of carboxylic acid groups (broad SMARTS) is 1. The Bertz CT molecular complexity index is 533. The van der Waals surface area contributed by atoms with Crippen LogP contribution in [0.15, 0.2) is 18.3 Å². The van der Waals surface area contributed by atoms with E-state index in [1.54, 1.807) is 19.1 Å². The van der Waals surface area contributed by atoms with Crippen molar-refractivity contribution in [3.63, 3.8) is 0 Å². The Hall–Kier alpha value is -1.91. The molecule has 5 nitrogen and oxygen atoms in total. The second-order valence-electron chi connectivity index (χ2n) is 3.72. The lowest BCUT2D eigenvalue weighted by atomic mass is 10.0. The van der Waals surface area contributed by atoms with Gasteiger partial charge in [-0.2, -0.15) is 0 Å². The Kier molecular flexibility index (Phi) is 2.60. The van der Waals surface area contributed by atoms with Crippen molar-refractivity contribution in [2.45, 2.75) is 26.2 Å². The van der Waals surface area contributed by atoms with Crippen LogP contribution < -0.4 is 0 Å². The summed E-state index contributed by atoms with van der Waals surface area (Å²) in [6.07, 6.45) is 2.62. The maximum Gasteiger partial charge on any atom is 0.310 e. The van der Waals surface area contributed by atoms with E-state index in [0.717, 1.165) is 17.8 Å². The number of aliphatic carboxylic acids is 1. The largest absolute Gasteiger partial charge is 0.481 e. The zero-order valence-electron chi connectivity index (χ0n) is 9.21. The average Bonchev–Trinajstić information content (AvgIpc) is 2.69. The van der Waals surface area contributed by atoms with Crippen LogP contribution in [0.2, 0.25) is 0 Å². The molecule has 0 amide bonds. The van der Waals surface area contributed by atoms with Crippen molar-refractivity contribution < 1.29 is 9.90 Å². The first-order valence-electron chi connectivity index (χ1n) is 5.20. The number of carboxylic acids is 1. The van der Waals surface area contributed by atoms with Crippen LogP contribution in [0.25, 0.3) is 5.65 Å². The molecule has 2 heterocycles. The first kappa shape index (κ1) is 10.6. The standard InChI is InChI=1S/C11H13N3O2/c1-3-9-12-13-10-6-8(4-5-14(9)10)7(2)11(15)16/h4-7H,3H2,1-2H3,(H,15,16). The molecule has 0 aliphatic rings. The molecule has 2 aromatic heterocycles. The fourth-order valence-corrected chi connectivity index (χ4v) is 1.61. The molecule has 2 aromatic rings. The Morgan fingerprint density at radius 1 is 1.56 bits per heavy atom. The smallest absolute Gasteiger partial charge is 0.310 e. The maximum absolute atomic E-state index is 10.9. The molecule has 2 rings (SSSR count). The molecule has 16 heavy (non-hydrogen) atoms. The van der Waals surface area contributed by atoms with Crippen LogP contribution >= 0.6 is 0 Å². The maximum atomic E-state index is 10.9. The zero-order chi connectivity index (χ0) is 11.7. The molecule has 0 aliphatic carbocycles. The summed E-state index contributed by atoms with van der Waals surface area (Å²) in [6, 6.07) is 3.57. The second-order valence-corrected chi connectivity index (χ2v) is 3.72. The number of hydrogen-bond donors (Lipinski definition) is 1. The van der Waals surface area contributed by atoms with Crippen molar-refractivity contribution in [2.75, 3.05) is 0 Å². The molecule has 0 spiro atoms. The number of hydrogen-bond acceptors (Lipinski definition) is 3. The molecular formula is C11H13N3O2. The van der Waals surface area contributed by atoms with Crippen molar-refractivity contribution in [3.05, 3.63) is 29.7 Å². The van der Waals surface area contributed by atoms with Gasteiger partial charge in [-0.25, -0.2) is 0 Å². The lowest BCUT2D eigenvalue weighted by Gasteiger charge is -2.06. The van der Waals surface area contributed by atoms with Gasteiger partial charge in [-0.1, -0.05) is 6.92 Å². The monoisotopic (exact) mass is 219 g/mol. The first-order valence-corrected chi connectivity index (χ1v) is 5.20. The Labute approximate surface area is 92.7 Å². The number of carbonyl (C=O) groups is 1. The summed E-state index contributed by atoms with van der Waals surface area (Å²) in [4.78, 5) is 10.9. The van der Waals surface area contributed by atoms with E-state index in [2.05, 4.69) is 10.2 Å². The van der Waals surface area contributed by atoms with E-state index in [1.807, 2.05) is 17.5 Å². The molecule has 5 heteroatoms. The third-order valence-corrected chi connectivity index (χ3v) is 2.69. The minimum absolute atomic E-state index is 0.522. The van der Waals surface area contributed by atoms with Crippen LogP contribution in [0.3, 0.4) is 0 Å². The molecule has 0 fully saturated rings. The summed E-state index contributed by atoms with van der Waals surface area (Å²) < 4.78 is 1.87. The van der Waals surface area contributed by atoms with Crippen molar-refractivity contribution in [1.29, 1.82) is 0 Å². The summed E-state index contributed by atoms with van der Waals surface area (Å²) in [7, 11) is 0. The Morgan fingerprint density at radius 2 is 2.31 bits per heavy atom. The fraction of sp³-hybridized carbons (Fsp3) is 0.364. The topological polar surface area (TPSA) is 67.5 Å². The van der Waals surface area contributed by atoms with Gasteiger partial charge in [0.15, 0.2) is 5.65 Å². The van der Waals surface area contributed by atoms with E-state index in [1.165, 1.54) is 0 Å². The van der Waals surface area contributed by atoms with Crippen LogP contribution in [-0.2, 0) is 11.2 Å². The minimum Gasteiger partial charge on any atom is -0.481 e. The van der Waals surface area contributed by atoms with Crippen LogP contribution in [0.4, 0.5) is 0 Å². The molecule has 84 valence electrons. The van der Waals surface area contributed by atoms with Gasteiger partial charge in [0.1, 0.15) is 5.82 Å². The first-order chi connectivity index (χ1) is 7.63. The van der Waals surface area contributed by atoms with Crippen molar-refractivity contribution in [1.82, 2.24) is 14.6 Å². The minimum atomic E-state index is -0.834. The van der Waals surface area contributed by atoms with Gasteiger partial charge >= 0.3 is 5.97 Å². The quantitative estimate of drug-likeness (QED) is 0.849. The van der Waals surface area contributed by atoms with Crippen molar-refractivity contribution >= 4 is 11.6 Å². The van der Waals surface area contributed by atoms with Gasteiger partial charge in [-0.15, -0.1) is 10.2 Å². The summed E-state index contributed by atoms with van der Waals surface area (Å²) in [6.45, 7) is 3.66. The highest BCUT2D eigenvalue weighted by Gasteiger charge is 2.14.